The molecule has 2 aromatic heterocycles. The van der Waals surface area contributed by atoms with Crippen LogP contribution in [0.5, 0.6) is 0 Å². The normalized spacial score (nSPS) is 23.0. The van der Waals surface area contributed by atoms with E-state index in [0.29, 0.717) is 28.2 Å². The first-order valence-corrected chi connectivity index (χ1v) is 12.9. The Morgan fingerprint density at radius 3 is 2.88 bits per heavy atom. The van der Waals surface area contributed by atoms with Crippen LogP contribution in [-0.2, 0) is 13.0 Å². The molecular weight excluding hydrogens is 472 g/mol. The average molecular weight is 501 g/mol. The number of fused-ring (bicyclic) bond motifs is 2. The second-order valence-electron chi connectivity index (χ2n) is 9.37. The van der Waals surface area contributed by atoms with Gasteiger partial charge in [-0.2, -0.15) is 0 Å². The minimum Gasteiger partial charge on any atom is -0.351 e. The van der Waals surface area contributed by atoms with Crippen LogP contribution in [0.3, 0.4) is 0 Å². The number of halogens is 1. The summed E-state index contributed by atoms with van der Waals surface area (Å²) in [6.07, 6.45) is 3.25. The van der Waals surface area contributed by atoms with E-state index in [1.807, 2.05) is 12.1 Å². The summed E-state index contributed by atoms with van der Waals surface area (Å²) in [6, 6.07) is 6.87. The van der Waals surface area contributed by atoms with Crippen LogP contribution in [-0.4, -0.2) is 58.9 Å². The first-order valence-electron chi connectivity index (χ1n) is 11.7. The fourth-order valence-electron chi connectivity index (χ4n) is 4.93. The standard InChI is InChI=1S/C24H29ClN6O2S/c1-31-7-6-18-21(12-31)34-24(30-18)23(33)29-19-8-13(11-26)2-4-17(19)28-22(32)20-10-14-9-15(25)3-5-16(14)27-20/h3,5,9-10,13,17,19,27H,2,4,6-8,11-12,26H2,1H3,(H,28,32)(H,29,33)/t13-,17-,19+/m0/s1. The minimum absolute atomic E-state index is 0.177. The fourth-order valence-corrected chi connectivity index (χ4v) is 6.20. The number of rotatable bonds is 5. The Bertz CT molecular complexity index is 1220. The maximum Gasteiger partial charge on any atom is 0.280 e. The van der Waals surface area contributed by atoms with E-state index in [1.165, 1.54) is 11.3 Å². The number of amides is 2. The van der Waals surface area contributed by atoms with E-state index in [9.17, 15) is 9.59 Å². The van der Waals surface area contributed by atoms with Gasteiger partial charge in [-0.05, 0) is 63.0 Å². The lowest BCUT2D eigenvalue weighted by molar-refractivity contribution is 0.0843. The highest BCUT2D eigenvalue weighted by molar-refractivity contribution is 7.13. The molecule has 1 aromatic carbocycles. The quantitative estimate of drug-likeness (QED) is 0.430. The number of nitrogens with zero attached hydrogens (tertiary/aromatic N) is 2. The summed E-state index contributed by atoms with van der Waals surface area (Å²) in [5.74, 6) is -0.0634. The van der Waals surface area contributed by atoms with Gasteiger partial charge in [0.05, 0.1) is 5.69 Å². The summed E-state index contributed by atoms with van der Waals surface area (Å²) < 4.78 is 0. The van der Waals surface area contributed by atoms with Gasteiger partial charge in [-0.3, -0.25) is 9.59 Å². The highest BCUT2D eigenvalue weighted by Crippen LogP contribution is 2.27. The van der Waals surface area contributed by atoms with Crippen LogP contribution in [0.15, 0.2) is 24.3 Å². The zero-order chi connectivity index (χ0) is 23.8. The van der Waals surface area contributed by atoms with Crippen LogP contribution < -0.4 is 16.4 Å². The summed E-state index contributed by atoms with van der Waals surface area (Å²) in [4.78, 5) is 37.3. The second kappa shape index (κ2) is 9.65. The van der Waals surface area contributed by atoms with Gasteiger partial charge in [0.1, 0.15) is 5.69 Å². The first kappa shape index (κ1) is 23.3. The number of carbonyl (C=O) groups excluding carboxylic acids is 2. The third-order valence-electron chi connectivity index (χ3n) is 6.87. The van der Waals surface area contributed by atoms with E-state index in [2.05, 4.69) is 32.5 Å². The fraction of sp³-hybridized carbons (Fsp3) is 0.458. The number of hydrogen-bond acceptors (Lipinski definition) is 6. The highest BCUT2D eigenvalue weighted by Gasteiger charge is 2.33. The zero-order valence-corrected chi connectivity index (χ0v) is 20.6. The number of H-pyrrole nitrogens is 1. The number of aromatic nitrogens is 2. The molecule has 0 radical (unpaired) electrons. The van der Waals surface area contributed by atoms with E-state index in [4.69, 9.17) is 17.3 Å². The van der Waals surface area contributed by atoms with Crippen molar-refractivity contribution in [2.75, 3.05) is 20.1 Å². The van der Waals surface area contributed by atoms with E-state index < -0.39 is 0 Å². The molecule has 2 aliphatic rings. The van der Waals surface area contributed by atoms with Gasteiger partial charge in [0.2, 0.25) is 0 Å². The number of aromatic amines is 1. The van der Waals surface area contributed by atoms with E-state index >= 15 is 0 Å². The molecule has 34 heavy (non-hydrogen) atoms. The van der Waals surface area contributed by atoms with E-state index in [0.717, 1.165) is 60.2 Å². The molecule has 3 aromatic rings. The van der Waals surface area contributed by atoms with Gasteiger partial charge in [-0.15, -0.1) is 11.3 Å². The van der Waals surface area contributed by atoms with Crippen molar-refractivity contribution in [2.24, 2.45) is 11.7 Å². The van der Waals surface area contributed by atoms with Crippen LogP contribution >= 0.6 is 22.9 Å². The molecule has 3 atom stereocenters. The van der Waals surface area contributed by atoms with Crippen LogP contribution in [0.2, 0.25) is 5.02 Å². The van der Waals surface area contributed by atoms with Crippen molar-refractivity contribution in [1.82, 2.24) is 25.5 Å². The first-order chi connectivity index (χ1) is 16.4. The van der Waals surface area contributed by atoms with Gasteiger partial charge in [0.25, 0.3) is 11.8 Å². The minimum atomic E-state index is -0.207. The van der Waals surface area contributed by atoms with Crippen LogP contribution in [0.4, 0.5) is 0 Å². The van der Waals surface area contributed by atoms with Gasteiger partial charge in [0.15, 0.2) is 5.01 Å². The maximum atomic E-state index is 13.1. The average Bonchev–Trinajstić information content (AvgIpc) is 3.43. The molecule has 2 amide bonds. The van der Waals surface area contributed by atoms with Gasteiger partial charge < -0.3 is 26.3 Å². The number of nitrogens with two attached hydrogens (primary N) is 1. The van der Waals surface area contributed by atoms with Crippen LogP contribution in [0.1, 0.15) is 50.1 Å². The Hall–Kier alpha value is -2.46. The van der Waals surface area contributed by atoms with Crippen molar-refractivity contribution >= 4 is 45.7 Å². The molecule has 0 spiro atoms. The van der Waals surface area contributed by atoms with Crippen LogP contribution in [0.25, 0.3) is 10.9 Å². The summed E-state index contributed by atoms with van der Waals surface area (Å²) >= 11 is 7.54. The third-order valence-corrected chi connectivity index (χ3v) is 8.19. The monoisotopic (exact) mass is 500 g/mol. The summed E-state index contributed by atoms with van der Waals surface area (Å²) in [5, 5.41) is 8.29. The van der Waals surface area contributed by atoms with E-state index in [1.54, 1.807) is 12.1 Å². The number of carbonyl (C=O) groups is 2. The Morgan fingerprint density at radius 1 is 1.24 bits per heavy atom. The molecule has 1 fully saturated rings. The summed E-state index contributed by atoms with van der Waals surface area (Å²) in [7, 11) is 2.08. The van der Waals surface area contributed by atoms with Crippen molar-refractivity contribution in [3.8, 4) is 0 Å². The smallest absolute Gasteiger partial charge is 0.280 e. The molecule has 3 heterocycles. The predicted molar refractivity (Wildman–Crippen MR) is 134 cm³/mol. The Morgan fingerprint density at radius 2 is 2.06 bits per heavy atom. The van der Waals surface area contributed by atoms with Crippen molar-refractivity contribution in [3.05, 3.63) is 50.6 Å². The molecule has 5 N–H and O–H groups in total. The van der Waals surface area contributed by atoms with Crippen molar-refractivity contribution < 1.29 is 9.59 Å². The lowest BCUT2D eigenvalue weighted by Crippen LogP contribution is -2.55. The zero-order valence-electron chi connectivity index (χ0n) is 19.1. The maximum absolute atomic E-state index is 13.1. The molecule has 8 nitrogen and oxygen atoms in total. The molecule has 1 saturated carbocycles. The Balaban J connectivity index is 1.30. The third kappa shape index (κ3) is 4.84. The summed E-state index contributed by atoms with van der Waals surface area (Å²) in [6.45, 7) is 2.34. The molecule has 180 valence electrons. The van der Waals surface area contributed by atoms with Crippen molar-refractivity contribution in [3.63, 3.8) is 0 Å². The van der Waals surface area contributed by atoms with Gasteiger partial charge in [0, 0.05) is 52.4 Å². The molecule has 1 aliphatic carbocycles. The molecule has 0 bridgehead atoms. The van der Waals surface area contributed by atoms with Gasteiger partial charge in [-0.25, -0.2) is 4.98 Å². The Kier molecular flexibility index (Phi) is 6.61. The number of hydrogen-bond donors (Lipinski definition) is 4. The molecule has 5 rings (SSSR count). The predicted octanol–water partition coefficient (Wildman–Crippen LogP) is 2.92. The molecule has 0 saturated heterocycles. The van der Waals surface area contributed by atoms with E-state index in [-0.39, 0.29) is 23.9 Å². The van der Waals surface area contributed by atoms with Gasteiger partial charge >= 0.3 is 0 Å². The highest BCUT2D eigenvalue weighted by atomic mass is 35.5. The van der Waals surface area contributed by atoms with Crippen molar-refractivity contribution in [2.45, 2.75) is 44.3 Å². The molecule has 0 unspecified atom stereocenters. The lowest BCUT2D eigenvalue weighted by Gasteiger charge is -2.36. The SMILES string of the molecule is CN1CCc2nc(C(=O)N[C@@H]3C[C@@H](CN)CC[C@@H]3NC(=O)c3cc4cc(Cl)ccc4[nH]3)sc2C1. The molecule has 1 aliphatic heterocycles. The lowest BCUT2D eigenvalue weighted by atomic mass is 9.82. The van der Waals surface area contributed by atoms with Crippen molar-refractivity contribution in [1.29, 1.82) is 0 Å². The Labute approximate surface area is 207 Å². The molecular formula is C24H29ClN6O2S. The van der Waals surface area contributed by atoms with Crippen LogP contribution in [0, 0.1) is 5.92 Å². The second-order valence-corrected chi connectivity index (χ2v) is 10.9. The number of thiazole rings is 1. The number of likely N-dealkylation sites (N-methyl/N-ethyl adjacent to an activating group) is 1. The largest absolute Gasteiger partial charge is 0.351 e. The number of nitrogens with one attached hydrogen (secondary N) is 3. The molecule has 10 heteroatoms. The topological polar surface area (TPSA) is 116 Å². The van der Waals surface area contributed by atoms with Gasteiger partial charge in [-0.1, -0.05) is 11.6 Å². The number of benzene rings is 1. The summed E-state index contributed by atoms with van der Waals surface area (Å²) in [5.41, 5.74) is 8.30.